The Bertz CT molecular complexity index is 435. The lowest BCUT2D eigenvalue weighted by Gasteiger charge is -2.08. The molecule has 1 aliphatic heterocycles. The molecule has 1 aliphatic rings. The normalized spacial score (nSPS) is 18.6. The number of aromatic nitrogens is 1. The zero-order valence-electron chi connectivity index (χ0n) is 10.1. The summed E-state index contributed by atoms with van der Waals surface area (Å²) in [7, 11) is 1.69. The minimum Gasteiger partial charge on any atom is -0.444 e. The number of ether oxygens (including phenoxy) is 1. The van der Waals surface area contributed by atoms with Gasteiger partial charge in [-0.25, -0.2) is 4.79 Å². The van der Waals surface area contributed by atoms with Crippen LogP contribution in [0.2, 0.25) is 0 Å². The third kappa shape index (κ3) is 2.97. The van der Waals surface area contributed by atoms with Crippen molar-refractivity contribution in [2.24, 2.45) is 0 Å². The maximum atomic E-state index is 11.7. The first-order valence-electron chi connectivity index (χ1n) is 5.78. The Morgan fingerprint density at radius 1 is 1.61 bits per heavy atom. The topological polar surface area (TPSA) is 71.5 Å². The fraction of sp³-hybridized carbons (Fsp3) is 0.417. The number of carbonyl (C=O) groups excluding carboxylic acids is 2. The number of likely N-dealkylation sites (N-methyl/N-ethyl adjacent to an activating group) is 1. The van der Waals surface area contributed by atoms with E-state index in [-0.39, 0.29) is 18.1 Å². The number of pyridine rings is 1. The van der Waals surface area contributed by atoms with Crippen molar-refractivity contribution in [3.05, 3.63) is 30.1 Å². The standard InChI is InChI=1S/C12H15N3O3/c1-15-8-9(18-12(15)17)5-7-14-11(16)10-4-2-3-6-13-10/h2-4,6,9H,5,7-8H2,1H3,(H,14,16). The summed E-state index contributed by atoms with van der Waals surface area (Å²) in [6.45, 7) is 1.03. The van der Waals surface area contributed by atoms with Crippen LogP contribution in [0.4, 0.5) is 4.79 Å². The minimum absolute atomic E-state index is 0.147. The molecule has 0 bridgehead atoms. The highest BCUT2D eigenvalue weighted by Gasteiger charge is 2.27. The molecular weight excluding hydrogens is 234 g/mol. The number of cyclic esters (lactones) is 1. The summed E-state index contributed by atoms with van der Waals surface area (Å²) in [6, 6.07) is 5.17. The number of amides is 2. The van der Waals surface area contributed by atoms with Gasteiger partial charge in [0.25, 0.3) is 5.91 Å². The van der Waals surface area contributed by atoms with Crippen molar-refractivity contribution in [3.63, 3.8) is 0 Å². The van der Waals surface area contributed by atoms with Gasteiger partial charge in [-0.2, -0.15) is 0 Å². The van der Waals surface area contributed by atoms with Gasteiger partial charge in [-0.05, 0) is 12.1 Å². The van der Waals surface area contributed by atoms with Crippen molar-refractivity contribution in [2.75, 3.05) is 20.1 Å². The van der Waals surface area contributed by atoms with Gasteiger partial charge in [-0.1, -0.05) is 6.07 Å². The Labute approximate surface area is 105 Å². The van der Waals surface area contributed by atoms with Crippen LogP contribution < -0.4 is 5.32 Å². The summed E-state index contributed by atoms with van der Waals surface area (Å²) in [5.41, 5.74) is 0.387. The Hall–Kier alpha value is -2.11. The smallest absolute Gasteiger partial charge is 0.409 e. The summed E-state index contributed by atoms with van der Waals surface area (Å²) in [5.74, 6) is -0.215. The maximum Gasteiger partial charge on any atom is 0.409 e. The highest BCUT2D eigenvalue weighted by molar-refractivity contribution is 5.92. The number of hydrogen-bond acceptors (Lipinski definition) is 4. The van der Waals surface area contributed by atoms with E-state index in [0.29, 0.717) is 25.2 Å². The van der Waals surface area contributed by atoms with Crippen LogP contribution in [0.25, 0.3) is 0 Å². The van der Waals surface area contributed by atoms with E-state index >= 15 is 0 Å². The van der Waals surface area contributed by atoms with Crippen LogP contribution >= 0.6 is 0 Å². The third-order valence-electron chi connectivity index (χ3n) is 2.71. The van der Waals surface area contributed by atoms with Gasteiger partial charge < -0.3 is 15.0 Å². The molecule has 1 aromatic heterocycles. The molecule has 1 unspecified atom stereocenters. The van der Waals surface area contributed by atoms with E-state index in [1.54, 1.807) is 31.4 Å². The van der Waals surface area contributed by atoms with Crippen molar-refractivity contribution in [2.45, 2.75) is 12.5 Å². The molecule has 1 N–H and O–H groups in total. The minimum atomic E-state index is -0.309. The van der Waals surface area contributed by atoms with E-state index in [4.69, 9.17) is 4.74 Å². The summed E-state index contributed by atoms with van der Waals surface area (Å²) < 4.78 is 5.08. The van der Waals surface area contributed by atoms with Gasteiger partial charge in [0.15, 0.2) is 0 Å². The van der Waals surface area contributed by atoms with E-state index < -0.39 is 0 Å². The van der Waals surface area contributed by atoms with Crippen LogP contribution in [-0.2, 0) is 4.74 Å². The van der Waals surface area contributed by atoms with Gasteiger partial charge in [0.05, 0.1) is 6.54 Å². The molecule has 1 fully saturated rings. The lowest BCUT2D eigenvalue weighted by atomic mass is 10.2. The fourth-order valence-electron chi connectivity index (χ4n) is 1.73. The van der Waals surface area contributed by atoms with Gasteiger partial charge in [0, 0.05) is 26.2 Å². The molecule has 0 spiro atoms. The first kappa shape index (κ1) is 12.3. The molecule has 2 rings (SSSR count). The van der Waals surface area contributed by atoms with Crippen LogP contribution in [0, 0.1) is 0 Å². The molecule has 1 saturated heterocycles. The number of carbonyl (C=O) groups is 2. The van der Waals surface area contributed by atoms with Crippen molar-refractivity contribution in [3.8, 4) is 0 Å². The zero-order chi connectivity index (χ0) is 13.0. The molecule has 2 amide bonds. The number of nitrogens with one attached hydrogen (secondary N) is 1. The molecule has 1 atom stereocenters. The molecular formula is C12H15N3O3. The van der Waals surface area contributed by atoms with E-state index in [1.807, 2.05) is 0 Å². The summed E-state index contributed by atoms with van der Waals surface area (Å²) in [5, 5.41) is 2.74. The molecule has 6 nitrogen and oxygen atoms in total. The quantitative estimate of drug-likeness (QED) is 0.850. The van der Waals surface area contributed by atoms with Crippen LogP contribution in [0.3, 0.4) is 0 Å². The number of rotatable bonds is 4. The van der Waals surface area contributed by atoms with Gasteiger partial charge >= 0.3 is 6.09 Å². The average Bonchev–Trinajstić information content (AvgIpc) is 2.69. The lowest BCUT2D eigenvalue weighted by molar-refractivity contribution is 0.0939. The first-order chi connectivity index (χ1) is 8.66. The van der Waals surface area contributed by atoms with Gasteiger partial charge in [0.1, 0.15) is 11.8 Å². The first-order valence-corrected chi connectivity index (χ1v) is 5.78. The Kier molecular flexibility index (Phi) is 3.76. The lowest BCUT2D eigenvalue weighted by Crippen LogP contribution is -2.28. The second-order valence-electron chi connectivity index (χ2n) is 4.15. The molecule has 18 heavy (non-hydrogen) atoms. The molecule has 0 saturated carbocycles. The molecule has 96 valence electrons. The molecule has 6 heteroatoms. The summed E-state index contributed by atoms with van der Waals surface area (Å²) >= 11 is 0. The monoisotopic (exact) mass is 249 g/mol. The molecule has 1 aromatic rings. The van der Waals surface area contributed by atoms with Crippen molar-refractivity contribution in [1.29, 1.82) is 0 Å². The molecule has 0 aromatic carbocycles. The third-order valence-corrected chi connectivity index (χ3v) is 2.71. The highest BCUT2D eigenvalue weighted by atomic mass is 16.6. The second kappa shape index (κ2) is 5.48. The zero-order valence-corrected chi connectivity index (χ0v) is 10.1. The molecule has 0 aliphatic carbocycles. The Morgan fingerprint density at radius 3 is 3.06 bits per heavy atom. The van der Waals surface area contributed by atoms with E-state index in [2.05, 4.69) is 10.3 Å². The number of hydrogen-bond donors (Lipinski definition) is 1. The van der Waals surface area contributed by atoms with E-state index in [9.17, 15) is 9.59 Å². The highest BCUT2D eigenvalue weighted by Crippen LogP contribution is 2.11. The van der Waals surface area contributed by atoms with Crippen LogP contribution in [0.5, 0.6) is 0 Å². The SMILES string of the molecule is CN1CC(CCNC(=O)c2ccccn2)OC1=O. The second-order valence-corrected chi connectivity index (χ2v) is 4.15. The maximum absolute atomic E-state index is 11.7. The predicted molar refractivity (Wildman–Crippen MR) is 64.1 cm³/mol. The van der Waals surface area contributed by atoms with E-state index in [1.165, 1.54) is 4.90 Å². The number of nitrogens with zero attached hydrogens (tertiary/aromatic N) is 2. The Morgan fingerprint density at radius 2 is 2.44 bits per heavy atom. The van der Waals surface area contributed by atoms with Gasteiger partial charge in [-0.3, -0.25) is 9.78 Å². The van der Waals surface area contributed by atoms with Gasteiger partial charge in [-0.15, -0.1) is 0 Å². The van der Waals surface area contributed by atoms with E-state index in [0.717, 1.165) is 0 Å². The van der Waals surface area contributed by atoms with Crippen molar-refractivity contribution >= 4 is 12.0 Å². The molecule has 0 radical (unpaired) electrons. The fourth-order valence-corrected chi connectivity index (χ4v) is 1.73. The molecule has 2 heterocycles. The predicted octanol–water partition coefficient (Wildman–Crippen LogP) is 0.652. The Balaban J connectivity index is 1.73. The van der Waals surface area contributed by atoms with Crippen molar-refractivity contribution < 1.29 is 14.3 Å². The largest absolute Gasteiger partial charge is 0.444 e. The average molecular weight is 249 g/mol. The van der Waals surface area contributed by atoms with Crippen LogP contribution in [-0.4, -0.2) is 48.1 Å². The van der Waals surface area contributed by atoms with Crippen LogP contribution in [0.1, 0.15) is 16.9 Å². The van der Waals surface area contributed by atoms with Crippen LogP contribution in [0.15, 0.2) is 24.4 Å². The summed E-state index contributed by atoms with van der Waals surface area (Å²) in [6.07, 6.45) is 1.72. The summed E-state index contributed by atoms with van der Waals surface area (Å²) in [4.78, 5) is 28.2. The van der Waals surface area contributed by atoms with Crippen molar-refractivity contribution in [1.82, 2.24) is 15.2 Å². The van der Waals surface area contributed by atoms with Gasteiger partial charge in [0.2, 0.25) is 0 Å².